The fourth-order valence-corrected chi connectivity index (χ4v) is 4.60. The summed E-state index contributed by atoms with van der Waals surface area (Å²) in [5, 5.41) is 27.0. The number of pyridine rings is 2. The topological polar surface area (TPSA) is 184 Å². The van der Waals surface area contributed by atoms with Gasteiger partial charge in [-0.1, -0.05) is 31.9 Å². The molecule has 0 fully saturated rings. The Labute approximate surface area is 353 Å². The van der Waals surface area contributed by atoms with Crippen molar-refractivity contribution in [2.24, 2.45) is 10.2 Å². The summed E-state index contributed by atoms with van der Waals surface area (Å²) in [6.07, 6.45) is 9.13. The van der Waals surface area contributed by atoms with E-state index in [4.69, 9.17) is 9.47 Å². The maximum absolute atomic E-state index is 12.0. The van der Waals surface area contributed by atoms with Crippen LogP contribution in [0, 0.1) is 0 Å². The Morgan fingerprint density at radius 3 is 1.32 bits per heavy atom. The summed E-state index contributed by atoms with van der Waals surface area (Å²) in [5.74, 6) is -1.39. The van der Waals surface area contributed by atoms with E-state index in [0.29, 0.717) is 35.5 Å². The zero-order chi connectivity index (χ0) is 36.5. The molecule has 4 N–H and O–H groups in total. The molecule has 53 heavy (non-hydrogen) atoms. The van der Waals surface area contributed by atoms with Gasteiger partial charge in [0, 0.05) is 61.4 Å². The number of carbonyl (C=O) groups excluding carboxylic acids is 4. The summed E-state index contributed by atoms with van der Waals surface area (Å²) in [6.45, 7) is 4.29. The number of ether oxygens (including phenoxy) is 2. The summed E-state index contributed by atoms with van der Waals surface area (Å²) in [5.41, 5.74) is 6.46. The van der Waals surface area contributed by atoms with Crippen LogP contribution in [0.4, 0.5) is 0 Å². The van der Waals surface area contributed by atoms with Crippen molar-refractivity contribution >= 4 is 68.0 Å². The van der Waals surface area contributed by atoms with Gasteiger partial charge in [0.25, 0.3) is 11.8 Å². The van der Waals surface area contributed by atoms with Gasteiger partial charge in [-0.3, -0.25) is 9.59 Å². The van der Waals surface area contributed by atoms with Crippen molar-refractivity contribution in [3.05, 3.63) is 117 Å². The van der Waals surface area contributed by atoms with E-state index in [2.05, 4.69) is 52.9 Å². The van der Waals surface area contributed by atoms with Crippen molar-refractivity contribution in [1.82, 2.24) is 10.9 Å². The first-order valence-corrected chi connectivity index (χ1v) is 16.5. The van der Waals surface area contributed by atoms with Crippen LogP contribution in [-0.2, 0) is 49.2 Å². The molecule has 2 aromatic heterocycles. The van der Waals surface area contributed by atoms with E-state index in [-0.39, 0.29) is 87.6 Å². The van der Waals surface area contributed by atoms with Crippen LogP contribution in [0.3, 0.4) is 0 Å². The minimum atomic E-state index is -0.408. The van der Waals surface area contributed by atoms with Gasteiger partial charge in [0.1, 0.15) is 11.5 Å². The van der Waals surface area contributed by atoms with Gasteiger partial charge >= 0.3 is 11.9 Å². The molecular formula is C34H34Br4CuN6O8. The predicted molar refractivity (Wildman–Crippen MR) is 188 cm³/mol. The first-order valence-electron chi connectivity index (χ1n) is 14.9. The second-order valence-electron chi connectivity index (χ2n) is 9.93. The Bertz CT molecular complexity index is 1730. The van der Waals surface area contributed by atoms with Gasteiger partial charge in [0.2, 0.25) is 13.1 Å². The second kappa shape index (κ2) is 25.9. The number of halogens is 4. The third kappa shape index (κ3) is 17.6. The maximum atomic E-state index is 12.0. The van der Waals surface area contributed by atoms with Crippen molar-refractivity contribution < 1.29 is 99.0 Å². The fourth-order valence-electron chi connectivity index (χ4n) is 3.85. The van der Waals surface area contributed by atoms with Crippen molar-refractivity contribution in [2.75, 3.05) is 13.2 Å². The van der Waals surface area contributed by atoms with Crippen LogP contribution in [0.15, 0.2) is 105 Å². The SMILES string of the molecule is CCOC(=O)C[n+]1ccc(C(=O)N/N=C/c2cc(Br)ccc2O)cc1.CCOC(=O)C[n+]1ccc(C(=O)N/N=C/c2cc(Br)ccc2O)cc1.[Br-].[Br-].[Cu]. The van der Waals surface area contributed by atoms with Crippen LogP contribution in [0.2, 0.25) is 0 Å². The zero-order valence-corrected chi connectivity index (χ0v) is 35.3. The standard InChI is InChI=1S/2C17H16BrN3O4.2BrH.Cu/c2*1-2-25-16(23)11-21-7-5-12(6-8-21)17(24)20-19-10-13-9-14(18)3-4-15(13)22;;;/h2*3-10,24H,2,11H2,1H3;2*1H;. The van der Waals surface area contributed by atoms with Crippen LogP contribution < -0.4 is 53.9 Å². The molecule has 2 heterocycles. The van der Waals surface area contributed by atoms with Gasteiger partial charge in [0.05, 0.1) is 36.8 Å². The van der Waals surface area contributed by atoms with Gasteiger partial charge in [-0.25, -0.2) is 20.4 Å². The Morgan fingerprint density at radius 2 is 1.00 bits per heavy atom. The molecule has 4 aromatic rings. The summed E-state index contributed by atoms with van der Waals surface area (Å²) < 4.78 is 14.5. The van der Waals surface area contributed by atoms with Crippen LogP contribution in [0.25, 0.3) is 0 Å². The van der Waals surface area contributed by atoms with Gasteiger partial charge in [-0.15, -0.1) is 0 Å². The second-order valence-corrected chi connectivity index (χ2v) is 11.8. The minimum Gasteiger partial charge on any atom is -1.00 e. The molecule has 4 rings (SSSR count). The van der Waals surface area contributed by atoms with Crippen LogP contribution in [-0.4, -0.2) is 59.6 Å². The van der Waals surface area contributed by atoms with Crippen molar-refractivity contribution in [1.29, 1.82) is 0 Å². The van der Waals surface area contributed by atoms with Gasteiger partial charge in [0.15, 0.2) is 24.8 Å². The largest absolute Gasteiger partial charge is 1.00 e. The number of carbonyl (C=O) groups is 4. The zero-order valence-electron chi connectivity index (χ0n) is 28.0. The monoisotopic (exact) mass is 1030 g/mol. The molecular weight excluding hydrogens is 1000 g/mol. The molecule has 0 spiro atoms. The number of hydrazone groups is 2. The smallest absolute Gasteiger partial charge is 0.372 e. The normalized spacial score (nSPS) is 10.0. The average molecular weight is 1040 g/mol. The average Bonchev–Trinajstić information content (AvgIpc) is 3.09. The predicted octanol–water partition coefficient (Wildman–Crippen LogP) is -2.46. The summed E-state index contributed by atoms with van der Waals surface area (Å²) in [7, 11) is 0. The number of rotatable bonds is 12. The molecule has 0 bridgehead atoms. The van der Waals surface area contributed by atoms with E-state index in [1.807, 2.05) is 0 Å². The van der Waals surface area contributed by atoms with E-state index in [9.17, 15) is 29.4 Å². The van der Waals surface area contributed by atoms with Crippen LogP contribution >= 0.6 is 31.9 Å². The number of nitrogens with one attached hydrogen (secondary N) is 2. The molecule has 2 aromatic carbocycles. The van der Waals surface area contributed by atoms with Crippen LogP contribution in [0.5, 0.6) is 11.5 Å². The van der Waals surface area contributed by atoms with E-state index >= 15 is 0 Å². The molecule has 1 radical (unpaired) electrons. The van der Waals surface area contributed by atoms with E-state index in [0.717, 1.165) is 8.95 Å². The Balaban J connectivity index is 0.000000966. The molecule has 0 aliphatic carbocycles. The van der Waals surface area contributed by atoms with E-state index in [1.54, 1.807) is 96.3 Å². The number of phenols is 2. The quantitative estimate of drug-likeness (QED) is 0.0397. The van der Waals surface area contributed by atoms with Crippen molar-refractivity contribution in [3.8, 4) is 11.5 Å². The van der Waals surface area contributed by atoms with Gasteiger partial charge in [-0.2, -0.15) is 19.3 Å². The molecule has 0 atom stereocenters. The Kier molecular flexibility index (Phi) is 23.9. The van der Waals surface area contributed by atoms with Crippen molar-refractivity contribution in [3.63, 3.8) is 0 Å². The number of hydrogen-bond acceptors (Lipinski definition) is 10. The first-order chi connectivity index (χ1) is 24.0. The third-order valence-electron chi connectivity index (χ3n) is 6.26. The number of phenolic OH excluding ortho intramolecular Hbond substituents is 2. The molecule has 0 saturated heterocycles. The Hall–Kier alpha value is -4.00. The molecule has 0 aliphatic heterocycles. The van der Waals surface area contributed by atoms with Crippen molar-refractivity contribution in [2.45, 2.75) is 26.9 Å². The summed E-state index contributed by atoms with van der Waals surface area (Å²) >= 11 is 6.58. The molecule has 14 nitrogen and oxygen atoms in total. The third-order valence-corrected chi connectivity index (χ3v) is 7.25. The fraction of sp³-hybridized carbons (Fsp3) is 0.176. The maximum Gasteiger partial charge on any atom is 0.372 e. The van der Waals surface area contributed by atoms with Crippen LogP contribution in [0.1, 0.15) is 45.7 Å². The van der Waals surface area contributed by atoms with Gasteiger partial charge < -0.3 is 53.6 Å². The molecule has 2 amide bonds. The van der Waals surface area contributed by atoms with E-state index in [1.165, 1.54) is 24.6 Å². The molecule has 19 heteroatoms. The summed E-state index contributed by atoms with van der Waals surface area (Å²) in [6, 6.07) is 16.1. The number of benzene rings is 2. The minimum absolute atomic E-state index is 0. The summed E-state index contributed by atoms with van der Waals surface area (Å²) in [4.78, 5) is 46.8. The van der Waals surface area contributed by atoms with Gasteiger partial charge in [-0.05, 0) is 50.2 Å². The molecule has 0 unspecified atom stereocenters. The number of aromatic nitrogens is 2. The number of nitrogens with zero attached hydrogens (tertiary/aromatic N) is 4. The number of hydrogen-bond donors (Lipinski definition) is 4. The number of esters is 2. The Morgan fingerprint density at radius 1 is 0.660 bits per heavy atom. The number of aromatic hydroxyl groups is 2. The number of amides is 2. The molecule has 0 saturated carbocycles. The molecule has 287 valence electrons. The van der Waals surface area contributed by atoms with E-state index < -0.39 is 11.8 Å². The first kappa shape index (κ1) is 49.0. The molecule has 0 aliphatic rings.